The van der Waals surface area contributed by atoms with Crippen molar-refractivity contribution in [2.75, 3.05) is 57.2 Å². The second kappa shape index (κ2) is 17.3. The lowest BCUT2D eigenvalue weighted by atomic mass is 9.71. The summed E-state index contributed by atoms with van der Waals surface area (Å²) in [5.74, 6) is -1.76. The number of nitrogens with zero attached hydrogens (tertiary/aromatic N) is 7. The van der Waals surface area contributed by atoms with Crippen molar-refractivity contribution >= 4 is 57.7 Å². The van der Waals surface area contributed by atoms with Crippen LogP contribution in [0.5, 0.6) is 0 Å². The molecule has 3 fully saturated rings. The average molecular weight is 817 g/mol. The normalized spacial score (nSPS) is 19.7. The average Bonchev–Trinajstić information content (AvgIpc) is 3.89. The van der Waals surface area contributed by atoms with Crippen LogP contribution in [0.4, 0.5) is 11.4 Å². The molecule has 2 aliphatic carbocycles. The zero-order valence-electron chi connectivity index (χ0n) is 33.0. The Labute approximate surface area is 344 Å². The van der Waals surface area contributed by atoms with E-state index in [0.717, 1.165) is 17.7 Å². The van der Waals surface area contributed by atoms with Gasteiger partial charge in [0.1, 0.15) is 12.1 Å². The fraction of sp³-hybridized carbons (Fsp3) is 0.429. The topological polar surface area (TPSA) is 231 Å². The molecular weight excluding hydrogens is 773 g/mol. The van der Waals surface area contributed by atoms with Crippen molar-refractivity contribution in [3.05, 3.63) is 71.2 Å². The van der Waals surface area contributed by atoms with Crippen LogP contribution in [-0.2, 0) is 23.9 Å². The molecule has 2 aliphatic heterocycles. The maximum Gasteiger partial charge on any atom is 0.264 e. The molecule has 5 heterocycles. The van der Waals surface area contributed by atoms with E-state index < -0.39 is 29.7 Å². The fourth-order valence-electron chi connectivity index (χ4n) is 7.84. The Hall–Kier alpha value is -6.58. The molecule has 60 heavy (non-hydrogen) atoms. The van der Waals surface area contributed by atoms with Crippen LogP contribution in [-0.4, -0.2) is 124 Å². The van der Waals surface area contributed by atoms with Gasteiger partial charge in [-0.05, 0) is 56.2 Å². The monoisotopic (exact) mass is 816 g/mol. The van der Waals surface area contributed by atoms with Crippen molar-refractivity contribution in [2.24, 2.45) is 11.8 Å². The molecule has 3 aromatic heterocycles. The number of benzene rings is 1. The maximum absolute atomic E-state index is 13.5. The van der Waals surface area contributed by atoms with Gasteiger partial charge in [-0.25, -0.2) is 9.97 Å². The van der Waals surface area contributed by atoms with Crippen molar-refractivity contribution in [2.45, 2.75) is 57.0 Å². The highest BCUT2D eigenvalue weighted by molar-refractivity contribution is 6.25. The summed E-state index contributed by atoms with van der Waals surface area (Å²) in [5.41, 5.74) is 3.05. The van der Waals surface area contributed by atoms with Gasteiger partial charge in [0, 0.05) is 74.5 Å². The first-order valence-electron chi connectivity index (χ1n) is 20.1. The summed E-state index contributed by atoms with van der Waals surface area (Å²) >= 11 is 0. The van der Waals surface area contributed by atoms with E-state index in [1.54, 1.807) is 53.3 Å². The van der Waals surface area contributed by atoms with E-state index in [-0.39, 0.29) is 47.5 Å². The number of aromatic nitrogens is 4. The Kier molecular flexibility index (Phi) is 11.6. The summed E-state index contributed by atoms with van der Waals surface area (Å²) in [7, 11) is 1.75. The molecule has 4 aromatic rings. The molecule has 18 heteroatoms. The van der Waals surface area contributed by atoms with Crippen LogP contribution in [0.15, 0.2) is 48.9 Å². The van der Waals surface area contributed by atoms with Crippen molar-refractivity contribution in [3.8, 4) is 11.9 Å². The predicted molar refractivity (Wildman–Crippen MR) is 214 cm³/mol. The molecule has 0 radical (unpaired) electrons. The first kappa shape index (κ1) is 40.2. The molecule has 4 aliphatic rings. The number of Topliss-reactive ketones (excluding diaryl/α,β-unsaturated/α-hetero) is 1. The third-order valence-corrected chi connectivity index (χ3v) is 11.3. The number of hydrogen-bond donors (Lipinski definition) is 3. The number of amides is 5. The zero-order valence-corrected chi connectivity index (χ0v) is 33.0. The molecular formula is C42H44N10O8. The highest BCUT2D eigenvalue weighted by Crippen LogP contribution is 2.39. The Balaban J connectivity index is 0.727. The number of hydrogen-bond acceptors (Lipinski definition) is 14. The molecule has 18 nitrogen and oxygen atoms in total. The number of fused-ring (bicyclic) bond motifs is 2. The van der Waals surface area contributed by atoms with Crippen LogP contribution in [0, 0.1) is 23.2 Å². The van der Waals surface area contributed by atoms with Gasteiger partial charge in [-0.1, -0.05) is 6.07 Å². The van der Waals surface area contributed by atoms with Gasteiger partial charge in [-0.2, -0.15) is 15.0 Å². The highest BCUT2D eigenvalue weighted by atomic mass is 16.5. The maximum atomic E-state index is 13.5. The number of carbonyl (C=O) groups excluding carboxylic acids is 6. The lowest BCUT2D eigenvalue weighted by Gasteiger charge is -2.36. The van der Waals surface area contributed by atoms with Gasteiger partial charge in [0.15, 0.2) is 17.2 Å². The van der Waals surface area contributed by atoms with Crippen LogP contribution in [0.1, 0.15) is 81.6 Å². The summed E-state index contributed by atoms with van der Waals surface area (Å²) in [6.07, 6.45) is 8.49. The number of nitrogens with one attached hydrogen (secondary N) is 3. The molecule has 1 unspecified atom stereocenters. The third kappa shape index (κ3) is 8.44. The van der Waals surface area contributed by atoms with Crippen molar-refractivity contribution in [1.82, 2.24) is 34.9 Å². The van der Waals surface area contributed by atoms with Crippen LogP contribution in [0.3, 0.4) is 0 Å². The molecule has 1 aromatic carbocycles. The minimum Gasteiger partial charge on any atom is -0.382 e. The van der Waals surface area contributed by atoms with E-state index >= 15 is 0 Å². The molecule has 3 N–H and O–H groups in total. The quantitative estimate of drug-likeness (QED) is 0.0745. The molecule has 2 saturated carbocycles. The zero-order chi connectivity index (χ0) is 41.9. The van der Waals surface area contributed by atoms with Gasteiger partial charge >= 0.3 is 0 Å². The number of likely N-dealkylation sites (N-methyl/N-ethyl adjacent to an activating group) is 1. The summed E-state index contributed by atoms with van der Waals surface area (Å²) in [5, 5.41) is 23.2. The number of rotatable bonds is 18. The molecule has 1 saturated heterocycles. The molecule has 0 bridgehead atoms. The summed E-state index contributed by atoms with van der Waals surface area (Å²) < 4.78 is 13.0. The van der Waals surface area contributed by atoms with E-state index in [1.165, 1.54) is 6.20 Å². The largest absolute Gasteiger partial charge is 0.382 e. The first-order valence-corrected chi connectivity index (χ1v) is 20.1. The number of pyridine rings is 2. The van der Waals surface area contributed by atoms with Crippen molar-refractivity contribution in [1.29, 1.82) is 5.26 Å². The van der Waals surface area contributed by atoms with Gasteiger partial charge in [-0.3, -0.25) is 39.0 Å². The standard InChI is InChI=1S/C42H44N10O8/c1-50(10-12-60-14-13-59-11-9-44-31-4-2-3-29-37(31)42(58)51(41(29)57)33-7-8-36(54)49-39(33)55)40(56)26-15-24(16-26)18-34(53)30-23-45-35(19-32(30)48-28-5-6-28)52-38-27(22-47-52)17-25(20-43)21-46-38/h2-4,17,19,21-24,26,28,33,44H,5-16,18H2,1H3,(H,45,48)(H,49,54,55). The number of ketones is 1. The smallest absolute Gasteiger partial charge is 0.264 e. The number of ether oxygens (including phenoxy) is 2. The molecule has 0 spiro atoms. The van der Waals surface area contributed by atoms with E-state index in [4.69, 9.17) is 9.47 Å². The Morgan fingerprint density at radius 1 is 0.967 bits per heavy atom. The van der Waals surface area contributed by atoms with Gasteiger partial charge in [0.25, 0.3) is 11.8 Å². The van der Waals surface area contributed by atoms with Crippen LogP contribution >= 0.6 is 0 Å². The van der Waals surface area contributed by atoms with E-state index in [9.17, 15) is 34.0 Å². The van der Waals surface area contributed by atoms with Crippen molar-refractivity contribution in [3.63, 3.8) is 0 Å². The Morgan fingerprint density at radius 3 is 2.53 bits per heavy atom. The lowest BCUT2D eigenvalue weighted by Crippen LogP contribution is -2.54. The lowest BCUT2D eigenvalue weighted by molar-refractivity contribution is -0.139. The summed E-state index contributed by atoms with van der Waals surface area (Å²) in [6.45, 7) is 2.01. The van der Waals surface area contributed by atoms with Crippen molar-refractivity contribution < 1.29 is 38.2 Å². The fourth-order valence-corrected chi connectivity index (χ4v) is 7.84. The van der Waals surface area contributed by atoms with Crippen LogP contribution < -0.4 is 16.0 Å². The number of anilines is 2. The van der Waals surface area contributed by atoms with Crippen LogP contribution in [0.2, 0.25) is 0 Å². The second-order valence-corrected chi connectivity index (χ2v) is 15.6. The molecule has 310 valence electrons. The summed E-state index contributed by atoms with van der Waals surface area (Å²) in [4.78, 5) is 88.4. The Bertz CT molecular complexity index is 2420. The van der Waals surface area contributed by atoms with Gasteiger partial charge in [0.2, 0.25) is 17.7 Å². The van der Waals surface area contributed by atoms with Gasteiger partial charge in [-0.15, -0.1) is 0 Å². The predicted octanol–water partition coefficient (Wildman–Crippen LogP) is 2.87. The Morgan fingerprint density at radius 2 is 1.77 bits per heavy atom. The second-order valence-electron chi connectivity index (χ2n) is 15.6. The number of imide groups is 2. The minimum atomic E-state index is -1.03. The number of nitriles is 1. The summed E-state index contributed by atoms with van der Waals surface area (Å²) in [6, 6.07) is 9.76. The van der Waals surface area contributed by atoms with Gasteiger partial charge in [0.05, 0.1) is 60.6 Å². The minimum absolute atomic E-state index is 0.0245. The number of piperidine rings is 1. The molecule has 8 rings (SSSR count). The van der Waals surface area contributed by atoms with E-state index in [1.807, 2.05) is 6.07 Å². The molecule has 5 amide bonds. The van der Waals surface area contributed by atoms with Gasteiger partial charge < -0.3 is 25.0 Å². The van der Waals surface area contributed by atoms with E-state index in [0.29, 0.717) is 104 Å². The SMILES string of the molecule is CN(CCOCCOCCNc1cccc2c1C(=O)N(C1CCC(=O)NC1=O)C2=O)C(=O)C1CC(CC(=O)c2cnc(-n3ncc4cc(C#N)cnc43)cc2NC2CC2)C1. The number of carbonyl (C=O) groups is 6. The van der Waals surface area contributed by atoms with Crippen LogP contribution in [0.25, 0.3) is 16.9 Å². The first-order chi connectivity index (χ1) is 29.1. The highest BCUT2D eigenvalue weighted by Gasteiger charge is 2.45. The van der Waals surface area contributed by atoms with E-state index in [2.05, 4.69) is 37.1 Å². The third-order valence-electron chi connectivity index (χ3n) is 11.3. The molecule has 1 atom stereocenters.